The molecule has 170 valence electrons. The van der Waals surface area contributed by atoms with Gasteiger partial charge < -0.3 is 9.80 Å². The number of thioether (sulfide) groups is 1. The zero-order valence-corrected chi connectivity index (χ0v) is 19.2. The third-order valence-electron chi connectivity index (χ3n) is 6.01. The quantitative estimate of drug-likeness (QED) is 0.579. The number of carbonyl (C=O) groups excluding carboxylic acids is 3. The fraction of sp³-hybridized carbons (Fsp3) is 0.154. The molecule has 34 heavy (non-hydrogen) atoms. The Morgan fingerprint density at radius 2 is 1.79 bits per heavy atom. The highest BCUT2D eigenvalue weighted by atomic mass is 32.2. The van der Waals surface area contributed by atoms with Crippen LogP contribution in [0.1, 0.15) is 5.56 Å². The number of nitrogens with zero attached hydrogens (tertiary/aromatic N) is 3. The Labute approximate surface area is 201 Å². The SMILES string of the molecule is C=CC(=O)N1CCN(c2ccc(-c3ccnc4ccc(/C=C5\SC(=O)NC5=O)cc34)cc2)CC1. The lowest BCUT2D eigenvalue weighted by Crippen LogP contribution is -2.48. The van der Waals surface area contributed by atoms with Gasteiger partial charge in [0.05, 0.1) is 10.4 Å². The normalized spacial score (nSPS) is 17.4. The van der Waals surface area contributed by atoms with Gasteiger partial charge in [-0.15, -0.1) is 0 Å². The number of pyridine rings is 1. The highest BCUT2D eigenvalue weighted by Crippen LogP contribution is 2.32. The second-order valence-corrected chi connectivity index (χ2v) is 9.07. The van der Waals surface area contributed by atoms with E-state index in [0.717, 1.165) is 58.1 Å². The molecule has 0 aliphatic carbocycles. The maximum atomic E-state index is 11.9. The van der Waals surface area contributed by atoms with Gasteiger partial charge in [0.25, 0.3) is 11.1 Å². The Balaban J connectivity index is 1.40. The van der Waals surface area contributed by atoms with E-state index in [1.165, 1.54) is 6.08 Å². The Morgan fingerprint density at radius 1 is 1.03 bits per heavy atom. The number of piperazine rings is 1. The maximum Gasteiger partial charge on any atom is 0.290 e. The summed E-state index contributed by atoms with van der Waals surface area (Å²) >= 11 is 0.907. The minimum Gasteiger partial charge on any atom is -0.368 e. The van der Waals surface area contributed by atoms with Gasteiger partial charge in [-0.2, -0.15) is 0 Å². The Kier molecular flexibility index (Phi) is 5.90. The number of hydrogen-bond donors (Lipinski definition) is 1. The van der Waals surface area contributed by atoms with Gasteiger partial charge in [0.1, 0.15) is 0 Å². The zero-order valence-electron chi connectivity index (χ0n) is 18.4. The molecule has 0 radical (unpaired) electrons. The topological polar surface area (TPSA) is 82.6 Å². The van der Waals surface area contributed by atoms with Gasteiger partial charge in [0.2, 0.25) is 5.91 Å². The van der Waals surface area contributed by atoms with Gasteiger partial charge in [-0.25, -0.2) is 0 Å². The molecular weight excluding hydrogens is 448 g/mol. The van der Waals surface area contributed by atoms with E-state index in [1.807, 2.05) is 29.2 Å². The van der Waals surface area contributed by atoms with E-state index >= 15 is 0 Å². The van der Waals surface area contributed by atoms with Crippen molar-refractivity contribution in [1.29, 1.82) is 0 Å². The molecule has 2 aromatic carbocycles. The fourth-order valence-corrected chi connectivity index (χ4v) is 4.93. The summed E-state index contributed by atoms with van der Waals surface area (Å²) in [5.74, 6) is -0.389. The van der Waals surface area contributed by atoms with Gasteiger partial charge in [0, 0.05) is 43.4 Å². The predicted octanol–water partition coefficient (Wildman–Crippen LogP) is 4.06. The summed E-state index contributed by atoms with van der Waals surface area (Å²) in [6.45, 7) is 6.49. The van der Waals surface area contributed by atoms with E-state index < -0.39 is 0 Å². The van der Waals surface area contributed by atoms with Crippen molar-refractivity contribution in [1.82, 2.24) is 15.2 Å². The lowest BCUT2D eigenvalue weighted by atomic mass is 9.99. The summed E-state index contributed by atoms with van der Waals surface area (Å²) in [4.78, 5) is 44.1. The summed E-state index contributed by atoms with van der Waals surface area (Å²) < 4.78 is 0. The van der Waals surface area contributed by atoms with E-state index in [-0.39, 0.29) is 17.1 Å². The molecule has 2 fully saturated rings. The molecule has 2 aliphatic rings. The van der Waals surface area contributed by atoms with E-state index in [9.17, 15) is 14.4 Å². The molecule has 0 spiro atoms. The first-order valence-corrected chi connectivity index (χ1v) is 11.7. The van der Waals surface area contributed by atoms with Gasteiger partial charge in [-0.1, -0.05) is 24.8 Å². The maximum absolute atomic E-state index is 11.9. The first-order chi connectivity index (χ1) is 16.5. The number of aromatic nitrogens is 1. The highest BCUT2D eigenvalue weighted by molar-refractivity contribution is 8.18. The number of rotatable bonds is 4. The summed E-state index contributed by atoms with van der Waals surface area (Å²) in [6.07, 6.45) is 4.88. The average molecular weight is 471 g/mol. The van der Waals surface area contributed by atoms with Crippen LogP contribution in [0.25, 0.3) is 28.1 Å². The van der Waals surface area contributed by atoms with Crippen LogP contribution < -0.4 is 10.2 Å². The minimum atomic E-state index is -0.369. The van der Waals surface area contributed by atoms with Crippen LogP contribution >= 0.6 is 11.8 Å². The number of benzene rings is 2. The lowest BCUT2D eigenvalue weighted by Gasteiger charge is -2.35. The van der Waals surface area contributed by atoms with Crippen molar-refractivity contribution < 1.29 is 14.4 Å². The zero-order chi connectivity index (χ0) is 23.7. The molecule has 1 N–H and O–H groups in total. The number of carbonyl (C=O) groups is 3. The third-order valence-corrected chi connectivity index (χ3v) is 6.83. The van der Waals surface area contributed by atoms with Crippen LogP contribution in [0, 0.1) is 0 Å². The monoisotopic (exact) mass is 470 g/mol. The van der Waals surface area contributed by atoms with Crippen LogP contribution in [0.15, 0.2) is 72.3 Å². The Hall–Kier alpha value is -3.91. The van der Waals surface area contributed by atoms with Crippen LogP contribution in [0.2, 0.25) is 0 Å². The molecule has 3 amide bonds. The number of hydrogen-bond acceptors (Lipinski definition) is 6. The largest absolute Gasteiger partial charge is 0.368 e. The van der Waals surface area contributed by atoms with E-state index in [4.69, 9.17) is 0 Å². The lowest BCUT2D eigenvalue weighted by molar-refractivity contribution is -0.126. The van der Waals surface area contributed by atoms with Crippen molar-refractivity contribution in [2.45, 2.75) is 0 Å². The van der Waals surface area contributed by atoms with Crippen LogP contribution in [-0.2, 0) is 9.59 Å². The van der Waals surface area contributed by atoms with Crippen molar-refractivity contribution in [2.24, 2.45) is 0 Å². The predicted molar refractivity (Wildman–Crippen MR) is 135 cm³/mol. The fourth-order valence-electron chi connectivity index (χ4n) is 4.24. The summed E-state index contributed by atoms with van der Waals surface area (Å²) in [5, 5.41) is 2.90. The van der Waals surface area contributed by atoms with Gasteiger partial charge >= 0.3 is 0 Å². The summed E-state index contributed by atoms with van der Waals surface area (Å²) in [6, 6.07) is 16.2. The van der Waals surface area contributed by atoms with Crippen molar-refractivity contribution in [3.63, 3.8) is 0 Å². The van der Waals surface area contributed by atoms with E-state index in [1.54, 1.807) is 12.3 Å². The van der Waals surface area contributed by atoms with E-state index in [0.29, 0.717) is 18.0 Å². The summed E-state index contributed by atoms with van der Waals surface area (Å²) in [7, 11) is 0. The van der Waals surface area contributed by atoms with Crippen LogP contribution in [0.4, 0.5) is 10.5 Å². The Morgan fingerprint density at radius 3 is 2.47 bits per heavy atom. The Bertz CT molecular complexity index is 1340. The van der Waals surface area contributed by atoms with Crippen LogP contribution in [0.3, 0.4) is 0 Å². The number of fused-ring (bicyclic) bond motifs is 1. The standard InChI is InChI=1S/C26H22N4O3S/c1-2-24(31)30-13-11-29(12-14-30)19-6-4-18(5-7-19)20-9-10-27-22-8-3-17(15-21(20)22)16-23-25(32)28-26(33)34-23/h2-10,15-16H,1,11-14H2,(H,28,32,33)/b23-16-. The van der Waals surface area contributed by atoms with Gasteiger partial charge in [-0.05, 0) is 70.9 Å². The van der Waals surface area contributed by atoms with E-state index in [2.05, 4.69) is 46.0 Å². The molecule has 0 bridgehead atoms. The number of imide groups is 1. The number of nitrogens with one attached hydrogen (secondary N) is 1. The van der Waals surface area contributed by atoms with Gasteiger partial charge in [-0.3, -0.25) is 24.7 Å². The van der Waals surface area contributed by atoms with Crippen molar-refractivity contribution >= 4 is 51.5 Å². The molecule has 7 nitrogen and oxygen atoms in total. The first kappa shape index (κ1) is 21.9. The molecule has 3 heterocycles. The molecule has 5 rings (SSSR count). The van der Waals surface area contributed by atoms with Crippen molar-refractivity contribution in [3.8, 4) is 11.1 Å². The molecule has 3 aromatic rings. The van der Waals surface area contributed by atoms with Crippen LogP contribution in [-0.4, -0.2) is 53.1 Å². The average Bonchev–Trinajstić information content (AvgIpc) is 3.19. The molecular formula is C26H22N4O3S. The molecule has 2 saturated heterocycles. The van der Waals surface area contributed by atoms with Gasteiger partial charge in [0.15, 0.2) is 0 Å². The minimum absolute atomic E-state index is 0.0201. The number of anilines is 1. The van der Waals surface area contributed by atoms with Crippen LogP contribution in [0.5, 0.6) is 0 Å². The molecule has 0 saturated carbocycles. The molecule has 1 aromatic heterocycles. The third kappa shape index (κ3) is 4.32. The van der Waals surface area contributed by atoms with Crippen molar-refractivity contribution in [3.05, 3.63) is 77.9 Å². The smallest absolute Gasteiger partial charge is 0.290 e. The first-order valence-electron chi connectivity index (χ1n) is 10.9. The molecule has 0 unspecified atom stereocenters. The molecule has 0 atom stereocenters. The number of amides is 3. The highest BCUT2D eigenvalue weighted by Gasteiger charge is 2.25. The second kappa shape index (κ2) is 9.15. The van der Waals surface area contributed by atoms with Crippen molar-refractivity contribution in [2.75, 3.05) is 31.1 Å². The molecule has 8 heteroatoms. The second-order valence-electron chi connectivity index (χ2n) is 8.05. The summed E-state index contributed by atoms with van der Waals surface area (Å²) in [5.41, 5.74) is 4.90. The molecule has 2 aliphatic heterocycles.